The number of carbonyl (C=O) groups is 1. The zero-order chi connectivity index (χ0) is 10.9. The van der Waals surface area contributed by atoms with Crippen molar-refractivity contribution in [1.82, 2.24) is 10.3 Å². The maximum Gasteiger partial charge on any atom is 0.290 e. The molecule has 1 aromatic heterocycles. The first kappa shape index (κ1) is 11.2. The third-order valence-corrected chi connectivity index (χ3v) is 2.08. The van der Waals surface area contributed by atoms with Crippen molar-refractivity contribution in [3.8, 4) is 0 Å². The first-order valence-corrected chi connectivity index (χ1v) is 4.78. The molecule has 1 aliphatic heterocycles. The largest absolute Gasteiger partial charge is 0.483 e. The fraction of sp³-hybridized carbons (Fsp3) is 0.273. The molecule has 0 aromatic carbocycles. The lowest BCUT2D eigenvalue weighted by molar-refractivity contribution is -0.122. The molecule has 2 heterocycles. The van der Waals surface area contributed by atoms with E-state index < -0.39 is 0 Å². The van der Waals surface area contributed by atoms with E-state index in [2.05, 4.69) is 22.4 Å². The van der Waals surface area contributed by atoms with Gasteiger partial charge in [0.15, 0.2) is 0 Å². The summed E-state index contributed by atoms with van der Waals surface area (Å²) >= 11 is 0. The van der Waals surface area contributed by atoms with E-state index in [1.807, 2.05) is 24.5 Å². The lowest BCUT2D eigenvalue weighted by atomic mass is 10.1. The number of allylic oxidation sites excluding steroid dienone is 1. The minimum Gasteiger partial charge on any atom is -0.483 e. The minimum atomic E-state index is -0.250. The van der Waals surface area contributed by atoms with Crippen LogP contribution in [0.25, 0.3) is 0 Å². The van der Waals surface area contributed by atoms with Crippen molar-refractivity contribution in [2.24, 2.45) is 0 Å². The molecule has 0 radical (unpaired) electrons. The molecule has 15 heavy (non-hydrogen) atoms. The van der Waals surface area contributed by atoms with Gasteiger partial charge in [0.2, 0.25) is 0 Å². The van der Waals surface area contributed by atoms with Crippen LogP contribution in [0.5, 0.6) is 0 Å². The second-order valence-corrected chi connectivity index (χ2v) is 3.06. The van der Waals surface area contributed by atoms with Gasteiger partial charge in [0, 0.05) is 6.20 Å². The normalized spacial score (nSPS) is 18.3. The quantitative estimate of drug-likeness (QED) is 0.687. The van der Waals surface area contributed by atoms with Crippen molar-refractivity contribution in [1.29, 1.82) is 0 Å². The number of carboxylic acid groups (broad SMARTS) is 1. The summed E-state index contributed by atoms with van der Waals surface area (Å²) in [7, 11) is 0. The molecule has 0 saturated carbocycles. The lowest BCUT2D eigenvalue weighted by Crippen LogP contribution is -2.18. The average molecular weight is 206 g/mol. The molecule has 0 saturated heterocycles. The molecule has 4 nitrogen and oxygen atoms in total. The van der Waals surface area contributed by atoms with Gasteiger partial charge in [-0.3, -0.25) is 9.78 Å². The maximum absolute atomic E-state index is 8.36. The van der Waals surface area contributed by atoms with Crippen LogP contribution in [0.1, 0.15) is 24.6 Å². The average Bonchev–Trinajstić information content (AvgIpc) is 2.32. The number of rotatable bonds is 1. The van der Waals surface area contributed by atoms with Crippen LogP contribution in [0.15, 0.2) is 36.7 Å². The van der Waals surface area contributed by atoms with E-state index in [0.29, 0.717) is 6.04 Å². The van der Waals surface area contributed by atoms with E-state index in [4.69, 9.17) is 9.90 Å². The van der Waals surface area contributed by atoms with Crippen LogP contribution < -0.4 is 5.32 Å². The molecule has 1 atom stereocenters. The first-order valence-electron chi connectivity index (χ1n) is 4.78. The van der Waals surface area contributed by atoms with E-state index in [-0.39, 0.29) is 6.47 Å². The molecule has 0 fully saturated rings. The Morgan fingerprint density at radius 1 is 1.53 bits per heavy atom. The highest BCUT2D eigenvalue weighted by Crippen LogP contribution is 2.18. The molecule has 2 rings (SSSR count). The molecule has 4 heteroatoms. The highest BCUT2D eigenvalue weighted by Gasteiger charge is 2.11. The van der Waals surface area contributed by atoms with Crippen LogP contribution in [0, 0.1) is 0 Å². The van der Waals surface area contributed by atoms with E-state index in [1.165, 1.54) is 0 Å². The van der Waals surface area contributed by atoms with Crippen LogP contribution in [0.3, 0.4) is 0 Å². The van der Waals surface area contributed by atoms with Gasteiger partial charge in [0.1, 0.15) is 0 Å². The van der Waals surface area contributed by atoms with Gasteiger partial charge in [-0.05, 0) is 31.2 Å². The number of hydrogen-bond donors (Lipinski definition) is 2. The fourth-order valence-electron chi connectivity index (χ4n) is 1.43. The standard InChI is InChI=1S/C10H12N2.CH2O2/c1-3-7-11-9(5-1)10-6-2-4-8-12-10;2-1-3/h1,3-5,7-8,10,12H,2,6H2;1H,(H,2,3). The number of nitrogens with one attached hydrogen (secondary N) is 1. The van der Waals surface area contributed by atoms with Crippen LogP contribution in [0.4, 0.5) is 0 Å². The Morgan fingerprint density at radius 2 is 2.33 bits per heavy atom. The van der Waals surface area contributed by atoms with Crippen molar-refractivity contribution in [3.05, 3.63) is 42.4 Å². The molecule has 1 unspecified atom stereocenters. The molecule has 0 bridgehead atoms. The van der Waals surface area contributed by atoms with Crippen LogP contribution in [-0.2, 0) is 4.79 Å². The smallest absolute Gasteiger partial charge is 0.290 e. The van der Waals surface area contributed by atoms with Gasteiger partial charge in [0.25, 0.3) is 6.47 Å². The van der Waals surface area contributed by atoms with Gasteiger partial charge in [-0.1, -0.05) is 12.1 Å². The van der Waals surface area contributed by atoms with E-state index in [9.17, 15) is 0 Å². The van der Waals surface area contributed by atoms with Gasteiger partial charge in [0.05, 0.1) is 11.7 Å². The molecule has 2 N–H and O–H groups in total. The highest BCUT2D eigenvalue weighted by molar-refractivity contribution is 5.32. The first-order chi connectivity index (χ1) is 7.38. The Labute approximate surface area is 88.7 Å². The van der Waals surface area contributed by atoms with Gasteiger partial charge < -0.3 is 10.4 Å². The van der Waals surface area contributed by atoms with Crippen molar-refractivity contribution < 1.29 is 9.90 Å². The summed E-state index contributed by atoms with van der Waals surface area (Å²) < 4.78 is 0. The van der Waals surface area contributed by atoms with Gasteiger partial charge in [-0.25, -0.2) is 0 Å². The monoisotopic (exact) mass is 206 g/mol. The summed E-state index contributed by atoms with van der Waals surface area (Å²) in [5, 5.41) is 10.2. The summed E-state index contributed by atoms with van der Waals surface area (Å²) in [6.07, 6.45) is 8.30. The number of pyridine rings is 1. The van der Waals surface area contributed by atoms with Crippen molar-refractivity contribution in [2.75, 3.05) is 0 Å². The molecule has 1 aromatic rings. The zero-order valence-corrected chi connectivity index (χ0v) is 8.34. The Bertz CT molecular complexity index is 312. The molecule has 0 amide bonds. The summed E-state index contributed by atoms with van der Waals surface area (Å²) in [6, 6.07) is 6.46. The Balaban J connectivity index is 0.000000337. The van der Waals surface area contributed by atoms with Gasteiger partial charge >= 0.3 is 0 Å². The summed E-state index contributed by atoms with van der Waals surface area (Å²) in [4.78, 5) is 12.7. The molecule has 0 spiro atoms. The molecular weight excluding hydrogens is 192 g/mol. The van der Waals surface area contributed by atoms with E-state index >= 15 is 0 Å². The van der Waals surface area contributed by atoms with Crippen molar-refractivity contribution >= 4 is 6.47 Å². The molecular formula is C11H14N2O2. The summed E-state index contributed by atoms with van der Waals surface area (Å²) in [6.45, 7) is -0.250. The third kappa shape index (κ3) is 3.81. The van der Waals surface area contributed by atoms with Crippen molar-refractivity contribution in [2.45, 2.75) is 18.9 Å². The van der Waals surface area contributed by atoms with Gasteiger partial charge in [-0.15, -0.1) is 0 Å². The molecule has 0 aliphatic carbocycles. The van der Waals surface area contributed by atoms with Crippen LogP contribution in [0.2, 0.25) is 0 Å². The summed E-state index contributed by atoms with van der Waals surface area (Å²) in [5.41, 5.74) is 1.14. The van der Waals surface area contributed by atoms with Crippen molar-refractivity contribution in [3.63, 3.8) is 0 Å². The minimum absolute atomic E-state index is 0.250. The fourth-order valence-corrected chi connectivity index (χ4v) is 1.43. The Morgan fingerprint density at radius 3 is 2.87 bits per heavy atom. The third-order valence-electron chi connectivity index (χ3n) is 2.08. The molecule has 1 aliphatic rings. The predicted molar refractivity (Wildman–Crippen MR) is 57.2 cm³/mol. The topological polar surface area (TPSA) is 62.2 Å². The van der Waals surface area contributed by atoms with E-state index in [0.717, 1.165) is 18.5 Å². The summed E-state index contributed by atoms with van der Waals surface area (Å²) in [5.74, 6) is 0. The lowest BCUT2D eigenvalue weighted by Gasteiger charge is -2.19. The zero-order valence-electron chi connectivity index (χ0n) is 8.34. The second-order valence-electron chi connectivity index (χ2n) is 3.06. The highest BCUT2D eigenvalue weighted by atomic mass is 16.3. The second kappa shape index (κ2) is 6.59. The van der Waals surface area contributed by atoms with Crippen LogP contribution >= 0.6 is 0 Å². The maximum atomic E-state index is 8.36. The van der Waals surface area contributed by atoms with Gasteiger partial charge in [-0.2, -0.15) is 0 Å². The van der Waals surface area contributed by atoms with E-state index in [1.54, 1.807) is 0 Å². The number of aromatic nitrogens is 1. The van der Waals surface area contributed by atoms with Crippen LogP contribution in [-0.4, -0.2) is 16.6 Å². The Kier molecular flexibility index (Phi) is 4.94. The Hall–Kier alpha value is -1.84. The molecule has 80 valence electrons. The number of nitrogens with zero attached hydrogens (tertiary/aromatic N) is 1. The SMILES string of the molecule is C1=CNC(c2ccccn2)CC1.O=CO. The number of hydrogen-bond acceptors (Lipinski definition) is 3. The predicted octanol–water partition coefficient (Wildman–Crippen LogP) is 1.72.